The van der Waals surface area contributed by atoms with Crippen molar-refractivity contribution >= 4 is 17.3 Å². The first-order valence-electron chi connectivity index (χ1n) is 6.22. The van der Waals surface area contributed by atoms with Gasteiger partial charge >= 0.3 is 5.69 Å². The summed E-state index contributed by atoms with van der Waals surface area (Å²) in [5.41, 5.74) is 0.448. The second-order valence-corrected chi connectivity index (χ2v) is 4.23. The van der Waals surface area contributed by atoms with Crippen molar-refractivity contribution in [3.8, 4) is 5.75 Å². The molecule has 21 heavy (non-hydrogen) atoms. The quantitative estimate of drug-likeness (QED) is 0.670. The van der Waals surface area contributed by atoms with Gasteiger partial charge in [0.15, 0.2) is 5.75 Å². The van der Waals surface area contributed by atoms with E-state index in [1.165, 1.54) is 29.1 Å². The van der Waals surface area contributed by atoms with E-state index in [0.29, 0.717) is 12.3 Å². The van der Waals surface area contributed by atoms with Crippen LogP contribution in [0.3, 0.4) is 0 Å². The van der Waals surface area contributed by atoms with Crippen LogP contribution in [-0.4, -0.2) is 27.2 Å². The summed E-state index contributed by atoms with van der Waals surface area (Å²) in [6.07, 6.45) is 3.11. The fourth-order valence-electron chi connectivity index (χ4n) is 1.77. The maximum Gasteiger partial charge on any atom is 0.311 e. The molecular weight excluding hydrogens is 276 g/mol. The molecule has 1 N–H and O–H groups in total. The molecule has 1 amide bonds. The molecule has 110 valence electrons. The Bertz CT molecular complexity index is 681. The predicted octanol–water partition coefficient (Wildman–Crippen LogP) is 1.98. The van der Waals surface area contributed by atoms with Crippen molar-refractivity contribution in [2.45, 2.75) is 6.92 Å². The average Bonchev–Trinajstić information content (AvgIpc) is 2.84. The van der Waals surface area contributed by atoms with Crippen molar-refractivity contribution < 1.29 is 14.5 Å². The number of carbonyl (C=O) groups excluding carboxylic acids is 1. The third kappa shape index (κ3) is 3.35. The molecule has 0 bridgehead atoms. The Balaban J connectivity index is 2.25. The van der Waals surface area contributed by atoms with Gasteiger partial charge in [0, 0.05) is 24.9 Å². The van der Waals surface area contributed by atoms with Gasteiger partial charge in [-0.3, -0.25) is 19.6 Å². The van der Waals surface area contributed by atoms with E-state index in [9.17, 15) is 14.9 Å². The molecule has 0 fully saturated rings. The Morgan fingerprint density at radius 1 is 1.52 bits per heavy atom. The minimum Gasteiger partial charge on any atom is -0.487 e. The second-order valence-electron chi connectivity index (χ2n) is 4.23. The number of nitro benzene ring substituents is 1. The standard InChI is InChI=1S/C13H14N4O4/c1-3-21-12-5-4-9(6-11(12)17(19)20)13(18)15-10-7-14-16(2)8-10/h4-8H,3H2,1-2H3,(H,15,18). The molecule has 0 atom stereocenters. The van der Waals surface area contributed by atoms with Crippen molar-refractivity contribution in [1.82, 2.24) is 9.78 Å². The number of carbonyl (C=O) groups is 1. The summed E-state index contributed by atoms with van der Waals surface area (Å²) in [6.45, 7) is 2.04. The van der Waals surface area contributed by atoms with Gasteiger partial charge < -0.3 is 10.1 Å². The molecule has 0 spiro atoms. The molecule has 0 aliphatic heterocycles. The van der Waals surface area contributed by atoms with Crippen LogP contribution in [0, 0.1) is 10.1 Å². The minimum atomic E-state index is -0.578. The van der Waals surface area contributed by atoms with Gasteiger partial charge in [0.2, 0.25) is 0 Å². The first-order valence-corrected chi connectivity index (χ1v) is 6.22. The summed E-state index contributed by atoms with van der Waals surface area (Å²) in [4.78, 5) is 22.5. The number of benzene rings is 1. The van der Waals surface area contributed by atoms with Gasteiger partial charge in [0.1, 0.15) is 0 Å². The summed E-state index contributed by atoms with van der Waals surface area (Å²) >= 11 is 0. The number of hydrogen-bond donors (Lipinski definition) is 1. The SMILES string of the molecule is CCOc1ccc(C(=O)Nc2cnn(C)c2)cc1[N+](=O)[O-]. The summed E-state index contributed by atoms with van der Waals surface area (Å²) in [6, 6.07) is 4.08. The lowest BCUT2D eigenvalue weighted by Crippen LogP contribution is -2.12. The lowest BCUT2D eigenvalue weighted by molar-refractivity contribution is -0.385. The van der Waals surface area contributed by atoms with Crippen molar-refractivity contribution in [3.63, 3.8) is 0 Å². The molecule has 0 saturated carbocycles. The van der Waals surface area contributed by atoms with Crippen molar-refractivity contribution in [2.75, 3.05) is 11.9 Å². The molecule has 1 heterocycles. The van der Waals surface area contributed by atoms with Crippen LogP contribution in [0.2, 0.25) is 0 Å². The molecule has 0 aliphatic carbocycles. The van der Waals surface area contributed by atoms with E-state index in [4.69, 9.17) is 4.74 Å². The molecule has 8 heteroatoms. The van der Waals surface area contributed by atoms with Crippen molar-refractivity contribution in [3.05, 3.63) is 46.3 Å². The van der Waals surface area contributed by atoms with E-state index < -0.39 is 10.8 Å². The zero-order chi connectivity index (χ0) is 15.4. The van der Waals surface area contributed by atoms with Gasteiger partial charge in [-0.05, 0) is 19.1 Å². The van der Waals surface area contributed by atoms with Crippen LogP contribution in [0.1, 0.15) is 17.3 Å². The fourth-order valence-corrected chi connectivity index (χ4v) is 1.77. The lowest BCUT2D eigenvalue weighted by Gasteiger charge is -2.06. The molecule has 2 aromatic rings. The number of rotatable bonds is 5. The van der Waals surface area contributed by atoms with E-state index in [0.717, 1.165) is 0 Å². The Hall–Kier alpha value is -2.90. The largest absolute Gasteiger partial charge is 0.487 e. The predicted molar refractivity (Wildman–Crippen MR) is 75.4 cm³/mol. The number of anilines is 1. The number of nitrogens with one attached hydrogen (secondary N) is 1. The van der Waals surface area contributed by atoms with E-state index >= 15 is 0 Å². The zero-order valence-corrected chi connectivity index (χ0v) is 11.6. The maximum atomic E-state index is 12.1. The highest BCUT2D eigenvalue weighted by Gasteiger charge is 2.18. The van der Waals surface area contributed by atoms with E-state index in [1.54, 1.807) is 20.2 Å². The smallest absolute Gasteiger partial charge is 0.311 e. The van der Waals surface area contributed by atoms with E-state index in [-0.39, 0.29) is 17.0 Å². The van der Waals surface area contributed by atoms with Gasteiger partial charge in [-0.1, -0.05) is 0 Å². The Kier molecular flexibility index (Phi) is 4.17. The first-order chi connectivity index (χ1) is 10.0. The van der Waals surface area contributed by atoms with E-state index in [2.05, 4.69) is 10.4 Å². The lowest BCUT2D eigenvalue weighted by atomic mass is 10.1. The van der Waals surface area contributed by atoms with Gasteiger partial charge in [-0.15, -0.1) is 0 Å². The van der Waals surface area contributed by atoms with Crippen LogP contribution < -0.4 is 10.1 Å². The molecule has 0 saturated heterocycles. The van der Waals surface area contributed by atoms with Crippen molar-refractivity contribution in [2.24, 2.45) is 7.05 Å². The maximum absolute atomic E-state index is 12.1. The van der Waals surface area contributed by atoms with Crippen molar-refractivity contribution in [1.29, 1.82) is 0 Å². The monoisotopic (exact) mass is 290 g/mol. The molecule has 2 rings (SSSR count). The zero-order valence-electron chi connectivity index (χ0n) is 11.6. The molecular formula is C13H14N4O4. The number of aryl methyl sites for hydroxylation is 1. The Morgan fingerprint density at radius 2 is 2.29 bits per heavy atom. The average molecular weight is 290 g/mol. The summed E-state index contributed by atoms with van der Waals surface area (Å²) in [5, 5.41) is 17.5. The van der Waals surface area contributed by atoms with Crippen LogP contribution in [0.4, 0.5) is 11.4 Å². The molecule has 0 radical (unpaired) electrons. The fraction of sp³-hybridized carbons (Fsp3) is 0.231. The molecule has 8 nitrogen and oxygen atoms in total. The van der Waals surface area contributed by atoms with E-state index in [1.807, 2.05) is 0 Å². The number of nitrogens with zero attached hydrogens (tertiary/aromatic N) is 3. The summed E-state index contributed by atoms with van der Waals surface area (Å²) in [5.74, 6) is -0.311. The van der Waals surface area contributed by atoms with Gasteiger partial charge in [-0.2, -0.15) is 5.10 Å². The number of ether oxygens (including phenoxy) is 1. The third-order valence-corrected chi connectivity index (χ3v) is 2.68. The third-order valence-electron chi connectivity index (χ3n) is 2.68. The topological polar surface area (TPSA) is 99.3 Å². The highest BCUT2D eigenvalue weighted by atomic mass is 16.6. The van der Waals surface area contributed by atoms with Crippen LogP contribution in [-0.2, 0) is 7.05 Å². The van der Waals surface area contributed by atoms with Crippen LogP contribution in [0.25, 0.3) is 0 Å². The Labute approximate surface area is 120 Å². The van der Waals surface area contributed by atoms with Gasteiger partial charge in [0.25, 0.3) is 5.91 Å². The molecule has 0 aliphatic rings. The molecule has 1 aromatic heterocycles. The summed E-state index contributed by atoms with van der Waals surface area (Å²) < 4.78 is 6.71. The molecule has 0 unspecified atom stereocenters. The minimum absolute atomic E-state index is 0.139. The second kappa shape index (κ2) is 6.04. The Morgan fingerprint density at radius 3 is 2.86 bits per heavy atom. The number of nitro groups is 1. The normalized spacial score (nSPS) is 10.2. The first kappa shape index (κ1) is 14.5. The van der Waals surface area contributed by atoms with Gasteiger partial charge in [0.05, 0.1) is 23.4 Å². The van der Waals surface area contributed by atoms with Crippen LogP contribution in [0.15, 0.2) is 30.6 Å². The van der Waals surface area contributed by atoms with Crippen LogP contribution in [0.5, 0.6) is 5.75 Å². The highest BCUT2D eigenvalue weighted by Crippen LogP contribution is 2.28. The number of amides is 1. The number of hydrogen-bond acceptors (Lipinski definition) is 5. The van der Waals surface area contributed by atoms with Gasteiger partial charge in [-0.25, -0.2) is 0 Å². The van der Waals surface area contributed by atoms with Crippen LogP contribution >= 0.6 is 0 Å². The number of aromatic nitrogens is 2. The highest BCUT2D eigenvalue weighted by molar-refractivity contribution is 6.04. The molecule has 1 aromatic carbocycles. The summed E-state index contributed by atoms with van der Waals surface area (Å²) in [7, 11) is 1.72.